The molecule has 1 saturated carbocycles. The molecule has 0 aromatic carbocycles. The summed E-state index contributed by atoms with van der Waals surface area (Å²) in [5.74, 6) is 0. The molecule has 1 unspecified atom stereocenters. The SMILES string of the molecule is CSC1(CN)CCN(C2CCOC3(CCCC3)C2)CC1. The average Bonchev–Trinajstić information content (AvgIpc) is 2.95. The molecule has 3 aliphatic rings. The summed E-state index contributed by atoms with van der Waals surface area (Å²) in [4.78, 5) is 2.74. The highest BCUT2D eigenvalue weighted by atomic mass is 32.2. The fourth-order valence-electron chi connectivity index (χ4n) is 4.47. The van der Waals surface area contributed by atoms with Crippen molar-refractivity contribution in [3.63, 3.8) is 0 Å². The summed E-state index contributed by atoms with van der Waals surface area (Å²) >= 11 is 1.98. The summed E-state index contributed by atoms with van der Waals surface area (Å²) in [7, 11) is 0. The van der Waals surface area contributed by atoms with Gasteiger partial charge in [-0.05, 0) is 57.9 Å². The molecule has 4 heteroatoms. The lowest BCUT2D eigenvalue weighted by Gasteiger charge is -2.47. The lowest BCUT2D eigenvalue weighted by Crippen LogP contribution is -2.53. The molecule has 20 heavy (non-hydrogen) atoms. The van der Waals surface area contributed by atoms with Crippen LogP contribution in [0, 0.1) is 0 Å². The Labute approximate surface area is 128 Å². The summed E-state index contributed by atoms with van der Waals surface area (Å²) in [6, 6.07) is 0.763. The zero-order valence-electron chi connectivity index (χ0n) is 12.9. The minimum atomic E-state index is 0.255. The maximum atomic E-state index is 6.18. The molecule has 0 aromatic rings. The predicted octanol–water partition coefficient (Wildman–Crippen LogP) is 2.63. The molecule has 0 amide bonds. The summed E-state index contributed by atoms with van der Waals surface area (Å²) in [6.45, 7) is 4.28. The largest absolute Gasteiger partial charge is 0.375 e. The fraction of sp³-hybridized carbons (Fsp3) is 1.00. The first-order chi connectivity index (χ1) is 9.71. The lowest BCUT2D eigenvalue weighted by molar-refractivity contribution is -0.104. The number of hydrogen-bond donors (Lipinski definition) is 1. The van der Waals surface area contributed by atoms with Crippen molar-refractivity contribution in [3.05, 3.63) is 0 Å². The van der Waals surface area contributed by atoms with Gasteiger partial charge in [0.1, 0.15) is 0 Å². The van der Waals surface area contributed by atoms with Crippen LogP contribution in [0.1, 0.15) is 51.4 Å². The third kappa shape index (κ3) is 2.90. The van der Waals surface area contributed by atoms with E-state index in [4.69, 9.17) is 10.5 Å². The van der Waals surface area contributed by atoms with Crippen molar-refractivity contribution in [2.45, 2.75) is 67.8 Å². The molecule has 3 fully saturated rings. The zero-order chi connectivity index (χ0) is 14.1. The fourth-order valence-corrected chi connectivity index (χ4v) is 5.23. The highest BCUT2D eigenvalue weighted by Crippen LogP contribution is 2.42. The second-order valence-corrected chi connectivity index (χ2v) is 8.29. The molecular formula is C16H30N2OS. The van der Waals surface area contributed by atoms with Gasteiger partial charge in [0, 0.05) is 23.9 Å². The van der Waals surface area contributed by atoms with Crippen molar-refractivity contribution in [2.24, 2.45) is 5.73 Å². The average molecular weight is 298 g/mol. The minimum absolute atomic E-state index is 0.255. The van der Waals surface area contributed by atoms with E-state index in [2.05, 4.69) is 11.2 Å². The second kappa shape index (κ2) is 6.15. The van der Waals surface area contributed by atoms with Crippen molar-refractivity contribution in [2.75, 3.05) is 32.5 Å². The van der Waals surface area contributed by atoms with Crippen molar-refractivity contribution in [1.82, 2.24) is 4.90 Å². The van der Waals surface area contributed by atoms with E-state index in [0.717, 1.165) is 19.2 Å². The van der Waals surface area contributed by atoms with E-state index in [1.165, 1.54) is 64.5 Å². The van der Waals surface area contributed by atoms with Gasteiger partial charge in [0.25, 0.3) is 0 Å². The van der Waals surface area contributed by atoms with Gasteiger partial charge in [0.2, 0.25) is 0 Å². The second-order valence-electron chi connectivity index (χ2n) is 7.01. The third-order valence-electron chi connectivity index (χ3n) is 6.01. The van der Waals surface area contributed by atoms with Crippen molar-refractivity contribution < 1.29 is 4.74 Å². The molecule has 2 N–H and O–H groups in total. The number of nitrogens with two attached hydrogens (primary N) is 1. The number of likely N-dealkylation sites (tertiary alicyclic amines) is 1. The Balaban J connectivity index is 1.58. The van der Waals surface area contributed by atoms with E-state index < -0.39 is 0 Å². The van der Waals surface area contributed by atoms with Crippen LogP contribution in [0.4, 0.5) is 0 Å². The van der Waals surface area contributed by atoms with Crippen molar-refractivity contribution >= 4 is 11.8 Å². The van der Waals surface area contributed by atoms with Gasteiger partial charge in [0.05, 0.1) is 5.60 Å². The Kier molecular flexibility index (Phi) is 4.66. The number of hydrogen-bond acceptors (Lipinski definition) is 4. The van der Waals surface area contributed by atoms with Crippen molar-refractivity contribution in [3.8, 4) is 0 Å². The molecule has 0 radical (unpaired) electrons. The molecule has 1 spiro atoms. The highest BCUT2D eigenvalue weighted by molar-refractivity contribution is 8.00. The smallest absolute Gasteiger partial charge is 0.0697 e. The topological polar surface area (TPSA) is 38.5 Å². The standard InChI is InChI=1S/C16H30N2OS/c1-20-16(13-17)7-9-18(10-8-16)14-4-11-19-15(12-14)5-2-3-6-15/h14H,2-13,17H2,1H3. The van der Waals surface area contributed by atoms with Gasteiger partial charge >= 0.3 is 0 Å². The van der Waals surface area contributed by atoms with Crippen LogP contribution < -0.4 is 5.73 Å². The molecule has 2 saturated heterocycles. The Bertz CT molecular complexity index is 316. The zero-order valence-corrected chi connectivity index (χ0v) is 13.7. The summed E-state index contributed by atoms with van der Waals surface area (Å²) in [5.41, 5.74) is 6.26. The van der Waals surface area contributed by atoms with Gasteiger partial charge in [-0.1, -0.05) is 12.8 Å². The molecular weight excluding hydrogens is 268 g/mol. The molecule has 2 aliphatic heterocycles. The number of rotatable bonds is 3. The maximum absolute atomic E-state index is 6.18. The first-order valence-electron chi connectivity index (χ1n) is 8.34. The Morgan fingerprint density at radius 3 is 2.50 bits per heavy atom. The molecule has 1 aliphatic carbocycles. The van der Waals surface area contributed by atoms with Crippen LogP contribution in [0.2, 0.25) is 0 Å². The van der Waals surface area contributed by atoms with Crippen LogP contribution in [0.25, 0.3) is 0 Å². The van der Waals surface area contributed by atoms with Gasteiger partial charge in [-0.25, -0.2) is 0 Å². The summed E-state index contributed by atoms with van der Waals surface area (Å²) in [6.07, 6.45) is 12.6. The molecule has 3 rings (SSSR count). The van der Waals surface area contributed by atoms with Gasteiger partial charge in [-0.3, -0.25) is 0 Å². The number of thioether (sulfide) groups is 1. The number of nitrogens with zero attached hydrogens (tertiary/aromatic N) is 1. The molecule has 1 atom stereocenters. The van der Waals surface area contributed by atoms with Gasteiger partial charge in [0.15, 0.2) is 0 Å². The molecule has 0 bridgehead atoms. The Hall–Kier alpha value is 0.230. The van der Waals surface area contributed by atoms with Crippen LogP contribution in [-0.4, -0.2) is 53.8 Å². The van der Waals surface area contributed by atoms with Gasteiger partial charge in [-0.15, -0.1) is 0 Å². The third-order valence-corrected chi connectivity index (χ3v) is 7.45. The van der Waals surface area contributed by atoms with E-state index >= 15 is 0 Å². The highest BCUT2D eigenvalue weighted by Gasteiger charge is 2.43. The van der Waals surface area contributed by atoms with Gasteiger partial charge in [-0.2, -0.15) is 11.8 Å². The van der Waals surface area contributed by atoms with Crippen LogP contribution in [0.5, 0.6) is 0 Å². The lowest BCUT2D eigenvalue weighted by atomic mass is 9.86. The van der Waals surface area contributed by atoms with Crippen LogP contribution in [0.3, 0.4) is 0 Å². The van der Waals surface area contributed by atoms with E-state index in [9.17, 15) is 0 Å². The maximum Gasteiger partial charge on any atom is 0.0697 e. The normalized spacial score (nSPS) is 33.6. The van der Waals surface area contributed by atoms with E-state index in [1.807, 2.05) is 11.8 Å². The summed E-state index contributed by atoms with van der Waals surface area (Å²) in [5, 5.41) is 0. The first kappa shape index (κ1) is 15.1. The summed E-state index contributed by atoms with van der Waals surface area (Å²) < 4.78 is 6.53. The van der Waals surface area contributed by atoms with Gasteiger partial charge < -0.3 is 15.4 Å². The monoisotopic (exact) mass is 298 g/mol. The molecule has 0 aromatic heterocycles. The van der Waals surface area contributed by atoms with E-state index in [1.54, 1.807) is 0 Å². The van der Waals surface area contributed by atoms with Crippen molar-refractivity contribution in [1.29, 1.82) is 0 Å². The number of piperidine rings is 1. The quantitative estimate of drug-likeness (QED) is 0.869. The van der Waals surface area contributed by atoms with Crippen LogP contribution in [-0.2, 0) is 4.74 Å². The molecule has 3 nitrogen and oxygen atoms in total. The Morgan fingerprint density at radius 1 is 1.20 bits per heavy atom. The van der Waals surface area contributed by atoms with E-state index in [0.29, 0.717) is 4.75 Å². The van der Waals surface area contributed by atoms with Crippen LogP contribution >= 0.6 is 11.8 Å². The molecule has 2 heterocycles. The number of ether oxygens (including phenoxy) is 1. The Morgan fingerprint density at radius 2 is 1.90 bits per heavy atom. The minimum Gasteiger partial charge on any atom is -0.375 e. The van der Waals surface area contributed by atoms with Crippen LogP contribution in [0.15, 0.2) is 0 Å². The predicted molar refractivity (Wildman–Crippen MR) is 86.3 cm³/mol. The van der Waals surface area contributed by atoms with E-state index in [-0.39, 0.29) is 5.60 Å². The molecule has 116 valence electrons. The first-order valence-corrected chi connectivity index (χ1v) is 9.57.